The molecule has 0 fully saturated rings. The van der Waals surface area contributed by atoms with E-state index in [2.05, 4.69) is 8.75 Å². The molecule has 0 aliphatic carbocycles. The average molecular weight is 491 g/mol. The third kappa shape index (κ3) is 3.91. The van der Waals surface area contributed by atoms with E-state index in [1.165, 1.54) is 0 Å². The van der Waals surface area contributed by atoms with E-state index in [1.54, 1.807) is 0 Å². The van der Waals surface area contributed by atoms with Crippen LogP contribution in [0.5, 0.6) is 23.0 Å². The zero-order valence-corrected chi connectivity index (χ0v) is 19.8. The molecule has 0 unspecified atom stereocenters. The van der Waals surface area contributed by atoms with Crippen molar-refractivity contribution in [1.82, 2.24) is 8.75 Å². The van der Waals surface area contributed by atoms with Crippen molar-refractivity contribution < 1.29 is 28.5 Å². The average Bonchev–Trinajstić information content (AvgIpc) is 3.63. The van der Waals surface area contributed by atoms with Crippen molar-refractivity contribution in [2.45, 2.75) is 25.2 Å². The molecule has 0 N–H and O–H groups in total. The molecule has 0 radical (unpaired) electrons. The molecule has 178 valence electrons. The fraction of sp³-hybridized carbons (Fsp3) is 0.269. The van der Waals surface area contributed by atoms with E-state index in [1.807, 2.05) is 61.5 Å². The van der Waals surface area contributed by atoms with Gasteiger partial charge in [0.05, 0.1) is 18.3 Å². The first-order valence-electron chi connectivity index (χ1n) is 11.3. The highest BCUT2D eigenvalue weighted by Crippen LogP contribution is 2.41. The van der Waals surface area contributed by atoms with E-state index in [4.69, 9.17) is 23.7 Å². The zero-order chi connectivity index (χ0) is 23.8. The van der Waals surface area contributed by atoms with Crippen molar-refractivity contribution in [1.29, 1.82) is 0 Å². The number of ether oxygens (including phenoxy) is 5. The first kappa shape index (κ1) is 21.7. The van der Waals surface area contributed by atoms with Crippen LogP contribution in [0.3, 0.4) is 0 Å². The van der Waals surface area contributed by atoms with Gasteiger partial charge in [-0.1, -0.05) is 18.2 Å². The van der Waals surface area contributed by atoms with Gasteiger partial charge in [0, 0.05) is 0 Å². The predicted molar refractivity (Wildman–Crippen MR) is 128 cm³/mol. The summed E-state index contributed by atoms with van der Waals surface area (Å²) < 4.78 is 36.6. The van der Waals surface area contributed by atoms with Crippen LogP contribution in [-0.4, -0.2) is 34.9 Å². The molecule has 6 rings (SSSR count). The van der Waals surface area contributed by atoms with Gasteiger partial charge in [-0.25, -0.2) is 0 Å². The third-order valence-corrected chi connectivity index (χ3v) is 6.91. The Kier molecular flexibility index (Phi) is 5.41. The Hall–Kier alpha value is -3.85. The molecule has 0 saturated carbocycles. The smallest absolute Gasteiger partial charge is 0.317 e. The predicted octanol–water partition coefficient (Wildman–Crippen LogP) is 4.44. The van der Waals surface area contributed by atoms with Crippen LogP contribution in [0, 0.1) is 0 Å². The van der Waals surface area contributed by atoms with Crippen molar-refractivity contribution in [3.05, 3.63) is 71.3 Å². The second-order valence-electron chi connectivity index (χ2n) is 8.50. The number of nitrogens with zero attached hydrogens (tertiary/aromatic N) is 2. The zero-order valence-electron chi connectivity index (χ0n) is 19.0. The van der Waals surface area contributed by atoms with Crippen LogP contribution in [0.4, 0.5) is 0 Å². The van der Waals surface area contributed by atoms with Gasteiger partial charge in [0.25, 0.3) is 0 Å². The summed E-state index contributed by atoms with van der Waals surface area (Å²) in [6.45, 7) is 2.46. The summed E-state index contributed by atoms with van der Waals surface area (Å²) in [7, 11) is 0. The van der Waals surface area contributed by atoms with Crippen molar-refractivity contribution in [3.63, 3.8) is 0 Å². The van der Waals surface area contributed by atoms with E-state index in [-0.39, 0.29) is 26.2 Å². The van der Waals surface area contributed by atoms with Gasteiger partial charge in [0.1, 0.15) is 16.4 Å². The van der Waals surface area contributed by atoms with Gasteiger partial charge < -0.3 is 23.7 Å². The molecule has 4 aromatic rings. The highest BCUT2D eigenvalue weighted by Gasteiger charge is 2.43. The normalized spacial score (nSPS) is 13.9. The second-order valence-corrected chi connectivity index (χ2v) is 9.03. The number of fused-ring (bicyclic) bond motifs is 3. The molecule has 0 atom stereocenters. The maximum atomic E-state index is 13.8. The first-order chi connectivity index (χ1) is 17.1. The molecular formula is C26H22N2O6S. The summed E-state index contributed by atoms with van der Waals surface area (Å²) in [6.07, 6.45) is 0.778. The van der Waals surface area contributed by atoms with Crippen molar-refractivity contribution in [3.8, 4) is 23.0 Å². The summed E-state index contributed by atoms with van der Waals surface area (Å²) >= 11 is 1.15. The molecule has 2 aliphatic heterocycles. The largest absolute Gasteiger partial charge is 0.465 e. The summed E-state index contributed by atoms with van der Waals surface area (Å²) in [5, 5.41) is 0. The monoisotopic (exact) mass is 490 g/mol. The first-order valence-corrected chi connectivity index (χ1v) is 12.0. The van der Waals surface area contributed by atoms with Crippen LogP contribution in [0.25, 0.3) is 11.0 Å². The number of rotatable bonds is 7. The molecule has 3 heterocycles. The lowest BCUT2D eigenvalue weighted by Crippen LogP contribution is -2.42. The van der Waals surface area contributed by atoms with E-state index in [9.17, 15) is 4.79 Å². The number of carbonyl (C=O) groups excluding carboxylic acids is 1. The number of aromatic nitrogens is 2. The van der Waals surface area contributed by atoms with Gasteiger partial charge in [-0.15, -0.1) is 0 Å². The second kappa shape index (κ2) is 8.74. The Balaban J connectivity index is 1.49. The molecule has 35 heavy (non-hydrogen) atoms. The molecule has 8 nitrogen and oxygen atoms in total. The van der Waals surface area contributed by atoms with Gasteiger partial charge in [-0.05, 0) is 72.9 Å². The Morgan fingerprint density at radius 1 is 0.829 bits per heavy atom. The molecular weight excluding hydrogens is 468 g/mol. The van der Waals surface area contributed by atoms with Crippen LogP contribution in [0.2, 0.25) is 0 Å². The Morgan fingerprint density at radius 2 is 1.43 bits per heavy atom. The molecule has 3 aromatic carbocycles. The minimum absolute atomic E-state index is 0.187. The molecule has 1 aromatic heterocycles. The van der Waals surface area contributed by atoms with E-state index >= 15 is 0 Å². The third-order valence-electron chi connectivity index (χ3n) is 6.36. The molecule has 0 bridgehead atoms. The van der Waals surface area contributed by atoms with Crippen LogP contribution in [-0.2, 0) is 27.8 Å². The maximum absolute atomic E-state index is 13.8. The number of benzene rings is 3. The molecule has 2 aliphatic rings. The highest BCUT2D eigenvalue weighted by atomic mass is 32.1. The highest BCUT2D eigenvalue weighted by molar-refractivity contribution is 7.00. The number of carbonyl (C=O) groups is 1. The summed E-state index contributed by atoms with van der Waals surface area (Å²) in [5.41, 5.74) is 3.18. The van der Waals surface area contributed by atoms with Crippen LogP contribution >= 0.6 is 11.7 Å². The fourth-order valence-corrected chi connectivity index (χ4v) is 5.19. The molecule has 0 spiro atoms. The Bertz CT molecular complexity index is 1360. The minimum atomic E-state index is -1.03. The van der Waals surface area contributed by atoms with Crippen LogP contribution in [0.15, 0.2) is 54.6 Å². The van der Waals surface area contributed by atoms with Crippen molar-refractivity contribution in [2.75, 3.05) is 20.2 Å². The summed E-state index contributed by atoms with van der Waals surface area (Å²) in [6, 6.07) is 17.3. The van der Waals surface area contributed by atoms with Gasteiger partial charge in [0.15, 0.2) is 23.0 Å². The number of hydrogen-bond donors (Lipinski definition) is 0. The Labute approximate surface area is 205 Å². The van der Waals surface area contributed by atoms with Crippen molar-refractivity contribution >= 4 is 28.7 Å². The maximum Gasteiger partial charge on any atom is 0.317 e. The van der Waals surface area contributed by atoms with Gasteiger partial charge in [0.2, 0.25) is 13.6 Å². The fourth-order valence-electron chi connectivity index (χ4n) is 4.68. The topological polar surface area (TPSA) is 89.0 Å². The molecule has 0 saturated heterocycles. The Morgan fingerprint density at radius 3 is 2.06 bits per heavy atom. The van der Waals surface area contributed by atoms with E-state index < -0.39 is 5.41 Å². The number of esters is 1. The minimum Gasteiger partial charge on any atom is -0.465 e. The lowest BCUT2D eigenvalue weighted by atomic mass is 9.71. The van der Waals surface area contributed by atoms with Gasteiger partial charge in [-0.3, -0.25) is 4.79 Å². The van der Waals surface area contributed by atoms with Crippen LogP contribution < -0.4 is 18.9 Å². The lowest BCUT2D eigenvalue weighted by Gasteiger charge is -2.32. The quantitative estimate of drug-likeness (QED) is 0.352. The van der Waals surface area contributed by atoms with Gasteiger partial charge in [-0.2, -0.15) is 8.75 Å². The lowest BCUT2D eigenvalue weighted by molar-refractivity contribution is -0.150. The summed E-state index contributed by atoms with van der Waals surface area (Å²) in [5.74, 6) is 2.42. The molecule has 9 heteroatoms. The van der Waals surface area contributed by atoms with E-state index in [0.29, 0.717) is 35.8 Å². The molecule has 0 amide bonds. The van der Waals surface area contributed by atoms with E-state index in [0.717, 1.165) is 39.5 Å². The number of hydrogen-bond acceptors (Lipinski definition) is 9. The van der Waals surface area contributed by atoms with Crippen molar-refractivity contribution in [2.24, 2.45) is 0 Å². The SMILES string of the molecule is CCOC(=O)C(Cc1ccc2c(c1)OCO2)(Cc1ccc2c(c1)OCO2)c1ccc2nsnc2c1. The standard InChI is InChI=1S/C26H22N2O6S/c1-2-30-25(29)26(18-5-6-19-20(11-18)28-35-27-19,12-16-3-7-21-23(9-16)33-14-31-21)13-17-4-8-22-24(10-17)34-15-32-22/h3-11H,2,12-15H2,1H3. The summed E-state index contributed by atoms with van der Waals surface area (Å²) in [4.78, 5) is 13.8. The van der Waals surface area contributed by atoms with Crippen LogP contribution in [0.1, 0.15) is 23.6 Å². The van der Waals surface area contributed by atoms with Gasteiger partial charge >= 0.3 is 5.97 Å².